The Morgan fingerprint density at radius 3 is 2.74 bits per heavy atom. The van der Waals surface area contributed by atoms with Gasteiger partial charge in [0.1, 0.15) is 5.76 Å². The Morgan fingerprint density at radius 1 is 1.26 bits per heavy atom. The van der Waals surface area contributed by atoms with Crippen molar-refractivity contribution in [1.29, 1.82) is 0 Å². The molecule has 0 bridgehead atoms. The molecule has 0 fully saturated rings. The number of anilines is 1. The van der Waals surface area contributed by atoms with Gasteiger partial charge in [0.05, 0.1) is 30.3 Å². The highest BCUT2D eigenvalue weighted by molar-refractivity contribution is 8.00. The number of primary amides is 1. The van der Waals surface area contributed by atoms with Crippen molar-refractivity contribution in [3.63, 3.8) is 0 Å². The molecule has 0 radical (unpaired) electrons. The first-order valence-electron chi connectivity index (χ1n) is 7.13. The minimum Gasteiger partial charge on any atom is -0.468 e. The van der Waals surface area contributed by atoms with Crippen LogP contribution in [0.4, 0.5) is 5.69 Å². The number of amides is 2. The summed E-state index contributed by atoms with van der Waals surface area (Å²) in [6.07, 6.45) is 1.60. The molecule has 122 valence electrons. The highest BCUT2D eigenvalue weighted by atomic mass is 32.2. The van der Waals surface area contributed by atoms with E-state index in [9.17, 15) is 9.59 Å². The fourth-order valence-corrected chi connectivity index (χ4v) is 2.67. The number of benzene rings is 1. The molecule has 7 heteroatoms. The van der Waals surface area contributed by atoms with Gasteiger partial charge in [-0.1, -0.05) is 12.1 Å². The third kappa shape index (κ3) is 5.46. The van der Waals surface area contributed by atoms with Gasteiger partial charge in [0.2, 0.25) is 11.8 Å². The zero-order valence-electron chi connectivity index (χ0n) is 12.7. The van der Waals surface area contributed by atoms with Crippen LogP contribution in [0.1, 0.15) is 18.7 Å². The average molecular weight is 333 g/mol. The molecule has 0 spiro atoms. The third-order valence-electron chi connectivity index (χ3n) is 3.07. The summed E-state index contributed by atoms with van der Waals surface area (Å²) in [5, 5.41) is 5.92. The van der Waals surface area contributed by atoms with Crippen LogP contribution in [0, 0.1) is 0 Å². The van der Waals surface area contributed by atoms with Crippen molar-refractivity contribution < 1.29 is 14.0 Å². The second kappa shape index (κ2) is 8.40. The van der Waals surface area contributed by atoms with E-state index >= 15 is 0 Å². The van der Waals surface area contributed by atoms with Crippen LogP contribution in [0.5, 0.6) is 0 Å². The Bertz CT molecular complexity index is 658. The van der Waals surface area contributed by atoms with Crippen LogP contribution < -0.4 is 16.4 Å². The zero-order chi connectivity index (χ0) is 16.7. The van der Waals surface area contributed by atoms with Crippen molar-refractivity contribution in [3.8, 4) is 0 Å². The summed E-state index contributed by atoms with van der Waals surface area (Å²) in [5.41, 5.74) is 5.82. The molecular formula is C16H19N3O3S. The highest BCUT2D eigenvalue weighted by Crippen LogP contribution is 2.26. The van der Waals surface area contributed by atoms with E-state index in [1.165, 1.54) is 11.8 Å². The SMILES string of the molecule is C[C@@H](NCC(=O)Nc1ccccc1SCC(N)=O)c1ccco1. The number of para-hydroxylation sites is 1. The lowest BCUT2D eigenvalue weighted by molar-refractivity contribution is -0.116. The number of carbonyl (C=O) groups excluding carboxylic acids is 2. The molecular weight excluding hydrogens is 314 g/mol. The quantitative estimate of drug-likeness (QED) is 0.643. The van der Waals surface area contributed by atoms with E-state index in [1.807, 2.05) is 31.2 Å². The molecule has 2 aromatic rings. The Labute approximate surface area is 138 Å². The fourth-order valence-electron chi connectivity index (χ4n) is 1.92. The van der Waals surface area contributed by atoms with E-state index < -0.39 is 5.91 Å². The van der Waals surface area contributed by atoms with Crippen molar-refractivity contribution >= 4 is 29.3 Å². The maximum Gasteiger partial charge on any atom is 0.238 e. The molecule has 6 nitrogen and oxygen atoms in total. The van der Waals surface area contributed by atoms with Gasteiger partial charge >= 0.3 is 0 Å². The first kappa shape index (κ1) is 17.1. The number of nitrogens with one attached hydrogen (secondary N) is 2. The normalized spacial score (nSPS) is 11.9. The standard InChI is InChI=1S/C16H19N3O3S/c1-11(13-6-4-8-22-13)18-9-16(21)19-12-5-2-3-7-14(12)23-10-15(17)20/h2-8,11,18H,9-10H2,1H3,(H2,17,20)(H,19,21)/t11-/m1/s1. The number of hydrogen-bond donors (Lipinski definition) is 3. The first-order chi connectivity index (χ1) is 11.1. The second-order valence-electron chi connectivity index (χ2n) is 4.92. The lowest BCUT2D eigenvalue weighted by Crippen LogP contribution is -2.30. The van der Waals surface area contributed by atoms with Gasteiger partial charge in [0.25, 0.3) is 0 Å². The largest absolute Gasteiger partial charge is 0.468 e. The number of rotatable bonds is 8. The molecule has 1 atom stereocenters. The van der Waals surface area contributed by atoms with Gasteiger partial charge in [-0.3, -0.25) is 14.9 Å². The summed E-state index contributed by atoms with van der Waals surface area (Å²) >= 11 is 1.29. The van der Waals surface area contributed by atoms with Crippen molar-refractivity contribution in [1.82, 2.24) is 5.32 Å². The third-order valence-corrected chi connectivity index (χ3v) is 4.17. The van der Waals surface area contributed by atoms with Gasteiger partial charge in [0.15, 0.2) is 0 Å². The maximum absolute atomic E-state index is 12.1. The monoisotopic (exact) mass is 333 g/mol. The van der Waals surface area contributed by atoms with E-state index in [0.29, 0.717) is 5.69 Å². The molecule has 0 saturated carbocycles. The summed E-state index contributed by atoms with van der Waals surface area (Å²) in [7, 11) is 0. The van der Waals surface area contributed by atoms with Gasteiger partial charge < -0.3 is 15.5 Å². The van der Waals surface area contributed by atoms with Crippen LogP contribution in [0.2, 0.25) is 0 Å². The molecule has 4 N–H and O–H groups in total. The van der Waals surface area contributed by atoms with E-state index in [4.69, 9.17) is 10.2 Å². The molecule has 23 heavy (non-hydrogen) atoms. The summed E-state index contributed by atoms with van der Waals surface area (Å²) in [5.74, 6) is 0.372. The number of furan rings is 1. The van der Waals surface area contributed by atoms with Gasteiger partial charge in [0, 0.05) is 4.90 Å². The topological polar surface area (TPSA) is 97.4 Å². The lowest BCUT2D eigenvalue weighted by atomic mass is 10.2. The van der Waals surface area contributed by atoms with Crippen LogP contribution in [0.25, 0.3) is 0 Å². The maximum atomic E-state index is 12.1. The number of thioether (sulfide) groups is 1. The van der Waals surface area contributed by atoms with Crippen molar-refractivity contribution in [2.75, 3.05) is 17.6 Å². The summed E-state index contributed by atoms with van der Waals surface area (Å²) in [6.45, 7) is 2.07. The predicted octanol–water partition coefficient (Wildman–Crippen LogP) is 2.15. The van der Waals surface area contributed by atoms with Crippen molar-refractivity contribution in [3.05, 3.63) is 48.4 Å². The van der Waals surface area contributed by atoms with Gasteiger partial charge in [-0.05, 0) is 31.2 Å². The predicted molar refractivity (Wildman–Crippen MR) is 90.1 cm³/mol. The van der Waals surface area contributed by atoms with Crippen LogP contribution in [0.15, 0.2) is 52.0 Å². The van der Waals surface area contributed by atoms with E-state index in [1.54, 1.807) is 18.4 Å². The highest BCUT2D eigenvalue weighted by Gasteiger charge is 2.11. The Morgan fingerprint density at radius 2 is 2.04 bits per heavy atom. The first-order valence-corrected chi connectivity index (χ1v) is 8.11. The molecule has 1 heterocycles. The Hall–Kier alpha value is -2.25. The molecule has 0 aliphatic carbocycles. The molecule has 0 unspecified atom stereocenters. The Kier molecular flexibility index (Phi) is 6.25. The summed E-state index contributed by atoms with van der Waals surface area (Å²) < 4.78 is 5.28. The van der Waals surface area contributed by atoms with E-state index in [0.717, 1.165) is 10.7 Å². The minimum absolute atomic E-state index is 0.0600. The zero-order valence-corrected chi connectivity index (χ0v) is 13.6. The second-order valence-corrected chi connectivity index (χ2v) is 5.93. The van der Waals surface area contributed by atoms with Gasteiger partial charge in [-0.25, -0.2) is 0 Å². The molecule has 1 aromatic carbocycles. The number of carbonyl (C=O) groups is 2. The van der Waals surface area contributed by atoms with Crippen LogP contribution >= 0.6 is 11.8 Å². The summed E-state index contributed by atoms with van der Waals surface area (Å²) in [4.78, 5) is 23.8. The molecule has 0 aliphatic rings. The van der Waals surface area contributed by atoms with Gasteiger partial charge in [-0.15, -0.1) is 11.8 Å². The van der Waals surface area contributed by atoms with Crippen LogP contribution in [-0.4, -0.2) is 24.1 Å². The fraction of sp³-hybridized carbons (Fsp3) is 0.250. The van der Waals surface area contributed by atoms with E-state index in [-0.39, 0.29) is 24.2 Å². The number of hydrogen-bond acceptors (Lipinski definition) is 5. The smallest absolute Gasteiger partial charge is 0.238 e. The van der Waals surface area contributed by atoms with Gasteiger partial charge in [-0.2, -0.15) is 0 Å². The van der Waals surface area contributed by atoms with Crippen molar-refractivity contribution in [2.24, 2.45) is 5.73 Å². The Balaban J connectivity index is 1.88. The molecule has 0 saturated heterocycles. The molecule has 2 rings (SSSR count). The molecule has 0 aliphatic heterocycles. The molecule has 2 amide bonds. The van der Waals surface area contributed by atoms with E-state index in [2.05, 4.69) is 10.6 Å². The summed E-state index contributed by atoms with van der Waals surface area (Å²) in [6, 6.07) is 10.9. The lowest BCUT2D eigenvalue weighted by Gasteiger charge is -2.13. The van der Waals surface area contributed by atoms with Crippen molar-refractivity contribution in [2.45, 2.75) is 17.9 Å². The van der Waals surface area contributed by atoms with Crippen LogP contribution in [0.3, 0.4) is 0 Å². The average Bonchev–Trinajstić information content (AvgIpc) is 3.06. The number of nitrogens with two attached hydrogens (primary N) is 1. The molecule has 1 aromatic heterocycles. The minimum atomic E-state index is -0.398. The van der Waals surface area contributed by atoms with Crippen LogP contribution in [-0.2, 0) is 9.59 Å².